The van der Waals surface area contributed by atoms with Crippen LogP contribution >= 0.6 is 15.9 Å². The van der Waals surface area contributed by atoms with Gasteiger partial charge < -0.3 is 5.32 Å². The van der Waals surface area contributed by atoms with Gasteiger partial charge in [0.05, 0.1) is 11.4 Å². The first-order chi connectivity index (χ1) is 11.6. The van der Waals surface area contributed by atoms with Crippen LogP contribution in [0.3, 0.4) is 0 Å². The van der Waals surface area contributed by atoms with Gasteiger partial charge in [0.1, 0.15) is 0 Å². The molecule has 0 unspecified atom stereocenters. The molecule has 1 aromatic carbocycles. The molecule has 1 N–H and O–H groups in total. The van der Waals surface area contributed by atoms with E-state index < -0.39 is 10.0 Å². The molecule has 140 valence electrons. The number of halogens is 1. The monoisotopic (exact) mass is 431 g/mol. The van der Waals surface area contributed by atoms with Gasteiger partial charge in [0.2, 0.25) is 15.9 Å². The first-order valence-corrected chi connectivity index (χ1v) is 10.6. The molecule has 1 fully saturated rings. The van der Waals surface area contributed by atoms with Gasteiger partial charge in [-0.1, -0.05) is 22.0 Å². The molecular weight excluding hydrogens is 406 g/mol. The molecular formula is C17H26BrN3O3S. The Morgan fingerprint density at radius 3 is 2.56 bits per heavy atom. The van der Waals surface area contributed by atoms with Crippen LogP contribution in [0, 0.1) is 0 Å². The fourth-order valence-corrected chi connectivity index (χ4v) is 4.85. The normalized spacial score (nSPS) is 17.9. The van der Waals surface area contributed by atoms with Crippen LogP contribution in [0.5, 0.6) is 0 Å². The third-order valence-corrected chi connectivity index (χ3v) is 6.25. The molecule has 2 rings (SSSR count). The highest BCUT2D eigenvalue weighted by molar-refractivity contribution is 9.10. The van der Waals surface area contributed by atoms with Gasteiger partial charge in [-0.2, -0.15) is 4.31 Å². The van der Waals surface area contributed by atoms with E-state index in [1.165, 1.54) is 4.31 Å². The second-order valence-corrected chi connectivity index (χ2v) is 10.1. The Kier molecular flexibility index (Phi) is 6.64. The first-order valence-electron chi connectivity index (χ1n) is 8.37. The summed E-state index contributed by atoms with van der Waals surface area (Å²) in [4.78, 5) is 14.4. The fraction of sp³-hybridized carbons (Fsp3) is 0.588. The Morgan fingerprint density at radius 2 is 1.92 bits per heavy atom. The predicted molar refractivity (Wildman–Crippen MR) is 102 cm³/mol. The van der Waals surface area contributed by atoms with Crippen LogP contribution in [-0.4, -0.2) is 61.8 Å². The molecule has 6 nitrogen and oxygen atoms in total. The van der Waals surface area contributed by atoms with Crippen molar-refractivity contribution < 1.29 is 13.2 Å². The maximum atomic E-state index is 12.8. The number of benzene rings is 1. The lowest BCUT2D eigenvalue weighted by Crippen LogP contribution is -2.46. The average molecular weight is 432 g/mol. The minimum absolute atomic E-state index is 0.0317. The molecule has 1 saturated heterocycles. The number of nitrogens with one attached hydrogen (secondary N) is 1. The van der Waals surface area contributed by atoms with Gasteiger partial charge in [0.15, 0.2) is 0 Å². The van der Waals surface area contributed by atoms with Gasteiger partial charge in [-0.15, -0.1) is 0 Å². The van der Waals surface area contributed by atoms with Gasteiger partial charge in [0.25, 0.3) is 0 Å². The molecule has 0 aliphatic carbocycles. The average Bonchev–Trinajstić information content (AvgIpc) is 2.71. The first kappa shape index (κ1) is 20.4. The largest absolute Gasteiger partial charge is 0.350 e. The molecule has 0 saturated carbocycles. The zero-order chi connectivity index (χ0) is 18.7. The van der Waals surface area contributed by atoms with Crippen molar-refractivity contribution in [1.82, 2.24) is 14.5 Å². The standard InChI is InChI=1S/C17H26BrN3O3S/c1-17(2,3)19-16(22)13-20-8-5-9-21(11-10-20)25(23,24)15-7-4-6-14(18)12-15/h4,6-7,12H,5,8-11,13H2,1-3H3,(H,19,22). The summed E-state index contributed by atoms with van der Waals surface area (Å²) in [5.41, 5.74) is -0.265. The predicted octanol–water partition coefficient (Wildman–Crippen LogP) is 2.06. The van der Waals surface area contributed by atoms with E-state index in [4.69, 9.17) is 0 Å². The van der Waals surface area contributed by atoms with Crippen LogP contribution in [0.1, 0.15) is 27.2 Å². The van der Waals surface area contributed by atoms with Crippen molar-refractivity contribution in [3.63, 3.8) is 0 Å². The molecule has 25 heavy (non-hydrogen) atoms. The Hall–Kier alpha value is -0.960. The smallest absolute Gasteiger partial charge is 0.243 e. The SMILES string of the molecule is CC(C)(C)NC(=O)CN1CCCN(S(=O)(=O)c2cccc(Br)c2)CC1. The summed E-state index contributed by atoms with van der Waals surface area (Å²) in [6, 6.07) is 6.75. The van der Waals surface area contributed by atoms with Crippen LogP contribution in [0.2, 0.25) is 0 Å². The van der Waals surface area contributed by atoms with Crippen molar-refractivity contribution in [1.29, 1.82) is 0 Å². The summed E-state index contributed by atoms with van der Waals surface area (Å²) in [5, 5.41) is 2.94. The van der Waals surface area contributed by atoms with E-state index in [1.807, 2.05) is 25.7 Å². The fourth-order valence-electron chi connectivity index (χ4n) is 2.78. The summed E-state index contributed by atoms with van der Waals surface area (Å²) in [6.07, 6.45) is 0.704. The maximum absolute atomic E-state index is 12.8. The Labute approximate surface area is 158 Å². The molecule has 1 heterocycles. The minimum atomic E-state index is -3.51. The Morgan fingerprint density at radius 1 is 1.20 bits per heavy atom. The lowest BCUT2D eigenvalue weighted by Gasteiger charge is -2.25. The minimum Gasteiger partial charge on any atom is -0.350 e. The van der Waals surface area contributed by atoms with Crippen molar-refractivity contribution in [3.05, 3.63) is 28.7 Å². The molecule has 1 aliphatic heterocycles. The molecule has 1 amide bonds. The third kappa shape index (κ3) is 6.06. The molecule has 8 heteroatoms. The molecule has 1 aliphatic rings. The van der Waals surface area contributed by atoms with Crippen molar-refractivity contribution in [3.8, 4) is 0 Å². The van der Waals surface area contributed by atoms with Gasteiger partial charge in [-0.3, -0.25) is 9.69 Å². The van der Waals surface area contributed by atoms with Crippen molar-refractivity contribution in [2.75, 3.05) is 32.7 Å². The number of hydrogen-bond acceptors (Lipinski definition) is 4. The Bertz CT molecular complexity index is 716. The molecule has 0 aromatic heterocycles. The lowest BCUT2D eigenvalue weighted by molar-refractivity contribution is -0.123. The van der Waals surface area contributed by atoms with E-state index >= 15 is 0 Å². The quantitative estimate of drug-likeness (QED) is 0.791. The van der Waals surface area contributed by atoms with Crippen LogP contribution in [-0.2, 0) is 14.8 Å². The van der Waals surface area contributed by atoms with E-state index in [0.717, 1.165) is 4.47 Å². The molecule has 0 radical (unpaired) electrons. The Balaban J connectivity index is 2.00. The summed E-state index contributed by atoms with van der Waals surface area (Å²) in [5.74, 6) is -0.0317. The number of amides is 1. The summed E-state index contributed by atoms with van der Waals surface area (Å²) in [7, 11) is -3.51. The van der Waals surface area contributed by atoms with E-state index in [-0.39, 0.29) is 11.4 Å². The van der Waals surface area contributed by atoms with Gasteiger partial charge >= 0.3 is 0 Å². The van der Waals surface area contributed by atoms with Gasteiger partial charge in [0, 0.05) is 29.6 Å². The second-order valence-electron chi connectivity index (χ2n) is 7.29. The van der Waals surface area contributed by atoms with E-state index in [0.29, 0.717) is 44.0 Å². The van der Waals surface area contributed by atoms with Crippen molar-refractivity contribution in [2.45, 2.75) is 37.6 Å². The van der Waals surface area contributed by atoms with Crippen molar-refractivity contribution >= 4 is 31.9 Å². The van der Waals surface area contributed by atoms with E-state index in [2.05, 4.69) is 21.2 Å². The number of sulfonamides is 1. The maximum Gasteiger partial charge on any atom is 0.243 e. The zero-order valence-corrected chi connectivity index (χ0v) is 17.4. The van der Waals surface area contributed by atoms with Gasteiger partial charge in [-0.25, -0.2) is 8.42 Å². The second kappa shape index (κ2) is 8.16. The zero-order valence-electron chi connectivity index (χ0n) is 15.0. The number of carbonyl (C=O) groups is 1. The summed E-state index contributed by atoms with van der Waals surface area (Å²) < 4.78 is 27.9. The number of carbonyl (C=O) groups excluding carboxylic acids is 1. The highest BCUT2D eigenvalue weighted by atomic mass is 79.9. The van der Waals surface area contributed by atoms with Crippen LogP contribution in [0.4, 0.5) is 0 Å². The number of rotatable bonds is 4. The molecule has 0 spiro atoms. The molecule has 1 aromatic rings. The number of hydrogen-bond donors (Lipinski definition) is 1. The van der Waals surface area contributed by atoms with Gasteiger partial charge in [-0.05, 0) is 51.9 Å². The van der Waals surface area contributed by atoms with Crippen LogP contribution in [0.25, 0.3) is 0 Å². The van der Waals surface area contributed by atoms with E-state index in [9.17, 15) is 13.2 Å². The third-order valence-electron chi connectivity index (χ3n) is 3.86. The highest BCUT2D eigenvalue weighted by Crippen LogP contribution is 2.21. The molecule has 0 atom stereocenters. The van der Waals surface area contributed by atoms with Crippen LogP contribution in [0.15, 0.2) is 33.6 Å². The summed E-state index contributed by atoms with van der Waals surface area (Å²) in [6.45, 7) is 8.23. The number of nitrogens with zero attached hydrogens (tertiary/aromatic N) is 2. The van der Waals surface area contributed by atoms with Crippen molar-refractivity contribution in [2.24, 2.45) is 0 Å². The lowest BCUT2D eigenvalue weighted by atomic mass is 10.1. The van der Waals surface area contributed by atoms with Crippen LogP contribution < -0.4 is 5.32 Å². The topological polar surface area (TPSA) is 69.7 Å². The highest BCUT2D eigenvalue weighted by Gasteiger charge is 2.27. The molecule has 0 bridgehead atoms. The summed E-state index contributed by atoms with van der Waals surface area (Å²) >= 11 is 3.32. The van der Waals surface area contributed by atoms with E-state index in [1.54, 1.807) is 24.3 Å².